The summed E-state index contributed by atoms with van der Waals surface area (Å²) in [6, 6.07) is 6.46. The van der Waals surface area contributed by atoms with Crippen LogP contribution in [0.3, 0.4) is 0 Å². The maximum atomic E-state index is 12.7. The van der Waals surface area contributed by atoms with Gasteiger partial charge in [-0.25, -0.2) is 8.42 Å². The van der Waals surface area contributed by atoms with E-state index in [-0.39, 0.29) is 10.8 Å². The molecule has 1 aliphatic rings. The Bertz CT molecular complexity index is 666. The lowest BCUT2D eigenvalue weighted by Gasteiger charge is -2.34. The molecule has 1 fully saturated rings. The third-order valence-electron chi connectivity index (χ3n) is 4.14. The zero-order valence-electron chi connectivity index (χ0n) is 15.1. The Kier molecular flexibility index (Phi) is 6.80. The molecule has 0 unspecified atom stereocenters. The predicted octanol–water partition coefficient (Wildman–Crippen LogP) is 0.870. The second-order valence-electron chi connectivity index (χ2n) is 6.24. The van der Waals surface area contributed by atoms with E-state index in [9.17, 15) is 13.2 Å². The van der Waals surface area contributed by atoms with Crippen LogP contribution in [0.2, 0.25) is 0 Å². The van der Waals surface area contributed by atoms with Gasteiger partial charge in [0.15, 0.2) is 0 Å². The van der Waals surface area contributed by atoms with Gasteiger partial charge in [0.1, 0.15) is 5.75 Å². The molecule has 2 rings (SSSR count). The monoisotopic (exact) mass is 369 g/mol. The van der Waals surface area contributed by atoms with Crippen molar-refractivity contribution in [1.82, 2.24) is 14.1 Å². The van der Waals surface area contributed by atoms with E-state index in [1.807, 2.05) is 25.9 Å². The number of rotatable bonds is 7. The zero-order chi connectivity index (χ0) is 18.4. The van der Waals surface area contributed by atoms with Crippen molar-refractivity contribution in [1.29, 1.82) is 0 Å². The van der Waals surface area contributed by atoms with E-state index < -0.39 is 10.0 Å². The first-order valence-electron chi connectivity index (χ1n) is 8.50. The maximum Gasteiger partial charge on any atom is 0.243 e. The molecule has 0 N–H and O–H groups in total. The lowest BCUT2D eigenvalue weighted by Crippen LogP contribution is -2.50. The van der Waals surface area contributed by atoms with Crippen LogP contribution in [-0.2, 0) is 14.8 Å². The molecule has 0 aliphatic carbocycles. The van der Waals surface area contributed by atoms with Gasteiger partial charge in [-0.3, -0.25) is 4.79 Å². The van der Waals surface area contributed by atoms with Crippen molar-refractivity contribution in [3.8, 4) is 5.75 Å². The number of carbonyl (C=O) groups excluding carboxylic acids is 1. The maximum absolute atomic E-state index is 12.7. The smallest absolute Gasteiger partial charge is 0.243 e. The molecule has 1 saturated heterocycles. The fourth-order valence-electron chi connectivity index (χ4n) is 2.68. The Labute approximate surface area is 150 Å². The number of ether oxygens (including phenoxy) is 1. The normalized spacial score (nSPS) is 16.2. The van der Waals surface area contributed by atoms with E-state index in [0.29, 0.717) is 51.5 Å². The van der Waals surface area contributed by atoms with Gasteiger partial charge in [-0.1, -0.05) is 0 Å². The Hall–Kier alpha value is -1.64. The molecule has 140 valence electrons. The molecule has 1 aromatic carbocycles. The van der Waals surface area contributed by atoms with Crippen LogP contribution in [0.25, 0.3) is 0 Å². The summed E-state index contributed by atoms with van der Waals surface area (Å²) < 4.78 is 32.2. The van der Waals surface area contributed by atoms with Gasteiger partial charge in [0.05, 0.1) is 11.5 Å². The van der Waals surface area contributed by atoms with Gasteiger partial charge in [-0.15, -0.1) is 0 Å². The van der Waals surface area contributed by atoms with Crippen LogP contribution >= 0.6 is 0 Å². The highest BCUT2D eigenvalue weighted by Gasteiger charge is 2.29. The lowest BCUT2D eigenvalue weighted by molar-refractivity contribution is -0.132. The minimum absolute atomic E-state index is 0.0758. The first kappa shape index (κ1) is 19.7. The highest BCUT2D eigenvalue weighted by atomic mass is 32.2. The fraction of sp³-hybridized carbons (Fsp3) is 0.588. The average Bonchev–Trinajstić information content (AvgIpc) is 2.60. The molecule has 0 saturated carbocycles. The number of carbonyl (C=O) groups is 1. The highest BCUT2D eigenvalue weighted by molar-refractivity contribution is 7.89. The molecular formula is C17H27N3O4S. The van der Waals surface area contributed by atoms with Gasteiger partial charge in [0.25, 0.3) is 0 Å². The molecule has 1 amide bonds. The summed E-state index contributed by atoms with van der Waals surface area (Å²) >= 11 is 0. The molecule has 0 radical (unpaired) electrons. The summed E-state index contributed by atoms with van der Waals surface area (Å²) in [5, 5.41) is 0. The van der Waals surface area contributed by atoms with Gasteiger partial charge >= 0.3 is 0 Å². The quantitative estimate of drug-likeness (QED) is 0.713. The molecule has 1 aromatic rings. The van der Waals surface area contributed by atoms with Crippen LogP contribution in [0.15, 0.2) is 29.2 Å². The number of benzene rings is 1. The van der Waals surface area contributed by atoms with Crippen LogP contribution in [-0.4, -0.2) is 81.9 Å². The number of hydrogen-bond acceptors (Lipinski definition) is 5. The Balaban J connectivity index is 1.95. The summed E-state index contributed by atoms with van der Waals surface area (Å²) in [6.07, 6.45) is 0.457. The molecular weight excluding hydrogens is 342 g/mol. The summed E-state index contributed by atoms with van der Waals surface area (Å²) in [5.74, 6) is 0.726. The van der Waals surface area contributed by atoms with E-state index in [1.54, 1.807) is 29.2 Å². The molecule has 0 aromatic heterocycles. The Morgan fingerprint density at radius 2 is 1.72 bits per heavy atom. The molecule has 8 heteroatoms. The molecule has 0 bridgehead atoms. The Morgan fingerprint density at radius 1 is 1.12 bits per heavy atom. The van der Waals surface area contributed by atoms with Crippen molar-refractivity contribution in [2.24, 2.45) is 0 Å². The van der Waals surface area contributed by atoms with Crippen LogP contribution in [0.4, 0.5) is 0 Å². The van der Waals surface area contributed by atoms with E-state index in [4.69, 9.17) is 4.74 Å². The van der Waals surface area contributed by atoms with Crippen LogP contribution in [0, 0.1) is 0 Å². The summed E-state index contributed by atoms with van der Waals surface area (Å²) in [5.41, 5.74) is 0. The van der Waals surface area contributed by atoms with Crippen molar-refractivity contribution < 1.29 is 17.9 Å². The summed E-state index contributed by atoms with van der Waals surface area (Å²) in [4.78, 5) is 16.1. The largest absolute Gasteiger partial charge is 0.494 e. The van der Waals surface area contributed by atoms with E-state index in [2.05, 4.69) is 0 Å². The molecule has 1 heterocycles. The number of piperazine rings is 1. The second kappa shape index (κ2) is 8.64. The average molecular weight is 369 g/mol. The third-order valence-corrected chi connectivity index (χ3v) is 6.05. The fourth-order valence-corrected chi connectivity index (χ4v) is 4.10. The molecule has 1 aliphatic heterocycles. The SMILES string of the molecule is CCOc1ccc(S(=O)(=O)N2CCN(C(=O)CCN(C)C)CC2)cc1. The molecule has 0 atom stereocenters. The van der Waals surface area contributed by atoms with Crippen molar-refractivity contribution in [2.45, 2.75) is 18.2 Å². The van der Waals surface area contributed by atoms with E-state index in [1.165, 1.54) is 4.31 Å². The van der Waals surface area contributed by atoms with E-state index in [0.717, 1.165) is 0 Å². The summed E-state index contributed by atoms with van der Waals surface area (Å²) in [7, 11) is 0.313. The molecule has 25 heavy (non-hydrogen) atoms. The molecule has 0 spiro atoms. The van der Waals surface area contributed by atoms with Gasteiger partial charge in [0.2, 0.25) is 15.9 Å². The zero-order valence-corrected chi connectivity index (χ0v) is 16.0. The topological polar surface area (TPSA) is 70.2 Å². The van der Waals surface area contributed by atoms with Gasteiger partial charge in [-0.2, -0.15) is 4.31 Å². The standard InChI is InChI=1S/C17H27N3O4S/c1-4-24-15-5-7-16(8-6-15)25(22,23)20-13-11-19(12-14-20)17(21)9-10-18(2)3/h5-8H,4,9-14H2,1-3H3. The number of amides is 1. The summed E-state index contributed by atoms with van der Waals surface area (Å²) in [6.45, 7) is 4.63. The number of hydrogen-bond donors (Lipinski definition) is 0. The third kappa shape index (κ3) is 5.17. The molecule has 7 nitrogen and oxygen atoms in total. The minimum atomic E-state index is -3.54. The number of nitrogens with zero attached hydrogens (tertiary/aromatic N) is 3. The van der Waals surface area contributed by atoms with Crippen molar-refractivity contribution in [3.63, 3.8) is 0 Å². The van der Waals surface area contributed by atoms with Gasteiger partial charge in [0, 0.05) is 39.1 Å². The van der Waals surface area contributed by atoms with Crippen LogP contribution in [0.5, 0.6) is 5.75 Å². The van der Waals surface area contributed by atoms with E-state index >= 15 is 0 Å². The van der Waals surface area contributed by atoms with Crippen molar-refractivity contribution in [3.05, 3.63) is 24.3 Å². The van der Waals surface area contributed by atoms with Gasteiger partial charge < -0.3 is 14.5 Å². The van der Waals surface area contributed by atoms with Crippen molar-refractivity contribution in [2.75, 3.05) is 53.4 Å². The predicted molar refractivity (Wildman–Crippen MR) is 96.1 cm³/mol. The highest BCUT2D eigenvalue weighted by Crippen LogP contribution is 2.21. The van der Waals surface area contributed by atoms with Gasteiger partial charge in [-0.05, 0) is 45.3 Å². The first-order chi connectivity index (χ1) is 11.8. The Morgan fingerprint density at radius 3 is 2.24 bits per heavy atom. The minimum Gasteiger partial charge on any atom is -0.494 e. The van der Waals surface area contributed by atoms with Crippen LogP contribution in [0.1, 0.15) is 13.3 Å². The number of sulfonamides is 1. The first-order valence-corrected chi connectivity index (χ1v) is 9.94. The van der Waals surface area contributed by atoms with Crippen molar-refractivity contribution >= 4 is 15.9 Å². The second-order valence-corrected chi connectivity index (χ2v) is 8.18. The lowest BCUT2D eigenvalue weighted by atomic mass is 10.3. The van der Waals surface area contributed by atoms with Crippen LogP contribution < -0.4 is 4.74 Å².